The average molecular weight is 288 g/mol. The van der Waals surface area contributed by atoms with Gasteiger partial charge in [0.25, 0.3) is 5.91 Å². The molecule has 6 heteroatoms. The van der Waals surface area contributed by atoms with Crippen LogP contribution in [0.15, 0.2) is 48.8 Å². The summed E-state index contributed by atoms with van der Waals surface area (Å²) in [6.07, 6.45) is 3.92. The lowest BCUT2D eigenvalue weighted by Crippen LogP contribution is -2.29. The number of carbonyl (C=O) groups is 2. The molecule has 21 heavy (non-hydrogen) atoms. The molecule has 0 fully saturated rings. The Morgan fingerprint density at radius 2 is 1.81 bits per heavy atom. The molecule has 6 nitrogen and oxygen atoms in total. The second kappa shape index (κ2) is 7.14. The predicted molar refractivity (Wildman–Crippen MR) is 76.3 cm³/mol. The number of aliphatic carboxylic acids is 1. The zero-order valence-electron chi connectivity index (χ0n) is 11.4. The zero-order valence-corrected chi connectivity index (χ0v) is 11.4. The molecule has 2 N–H and O–H groups in total. The van der Waals surface area contributed by atoms with Crippen LogP contribution in [0.3, 0.4) is 0 Å². The molecule has 0 bridgehead atoms. The third-order valence-corrected chi connectivity index (χ3v) is 2.80. The van der Waals surface area contributed by atoms with Gasteiger partial charge in [0, 0.05) is 18.0 Å². The lowest BCUT2D eigenvalue weighted by atomic mass is 10.2. The van der Waals surface area contributed by atoms with Crippen LogP contribution in [0, 0.1) is 0 Å². The van der Waals surface area contributed by atoms with Crippen LogP contribution in [0.5, 0.6) is 5.75 Å². The number of carboxylic acid groups (broad SMARTS) is 1. The Labute approximate surface area is 122 Å². The Bertz CT molecular complexity index is 591. The summed E-state index contributed by atoms with van der Waals surface area (Å²) < 4.78 is 7.57. The van der Waals surface area contributed by atoms with Crippen LogP contribution < -0.4 is 10.1 Å². The molecule has 0 atom stereocenters. The molecule has 0 aliphatic rings. The number of carbonyl (C=O) groups excluding carboxylic acids is 1. The van der Waals surface area contributed by atoms with Gasteiger partial charge in [0.05, 0.1) is 6.54 Å². The van der Waals surface area contributed by atoms with Gasteiger partial charge in [0.2, 0.25) is 0 Å². The lowest BCUT2D eigenvalue weighted by Gasteiger charge is -2.08. The van der Waals surface area contributed by atoms with Gasteiger partial charge in [-0.1, -0.05) is 0 Å². The van der Waals surface area contributed by atoms with Crippen molar-refractivity contribution in [3.63, 3.8) is 0 Å². The van der Waals surface area contributed by atoms with Crippen LogP contribution in [-0.4, -0.2) is 34.7 Å². The van der Waals surface area contributed by atoms with Gasteiger partial charge in [-0.3, -0.25) is 9.59 Å². The molecule has 0 saturated heterocycles. The summed E-state index contributed by atoms with van der Waals surface area (Å²) in [5.74, 6) is -0.832. The first-order valence-electron chi connectivity index (χ1n) is 6.49. The van der Waals surface area contributed by atoms with Crippen LogP contribution in [0.4, 0.5) is 0 Å². The Balaban J connectivity index is 1.81. The minimum absolute atomic E-state index is 0.395. The summed E-state index contributed by atoms with van der Waals surface area (Å²) in [5, 5.41) is 10.8. The number of hydrogen-bond donors (Lipinski definition) is 2. The van der Waals surface area contributed by atoms with Gasteiger partial charge in [0.15, 0.2) is 0 Å². The molecule has 0 unspecified atom stereocenters. The number of ether oxygens (including phenoxy) is 1. The molecule has 0 saturated carbocycles. The fourth-order valence-electron chi connectivity index (χ4n) is 1.75. The Morgan fingerprint density at radius 3 is 2.43 bits per heavy atom. The summed E-state index contributed by atoms with van der Waals surface area (Å²) in [6.45, 7) is 0.876. The topological polar surface area (TPSA) is 80.6 Å². The molecule has 0 spiro atoms. The van der Waals surface area contributed by atoms with Gasteiger partial charge in [-0.05, 0) is 36.4 Å². The van der Waals surface area contributed by atoms with E-state index in [0.29, 0.717) is 17.9 Å². The number of aromatic nitrogens is 1. The summed E-state index contributed by atoms with van der Waals surface area (Å²) >= 11 is 0. The number of nitrogens with zero attached hydrogens (tertiary/aromatic N) is 1. The van der Waals surface area contributed by atoms with Crippen molar-refractivity contribution in [3.8, 4) is 5.75 Å². The van der Waals surface area contributed by atoms with Gasteiger partial charge < -0.3 is 19.7 Å². The van der Waals surface area contributed by atoms with E-state index in [4.69, 9.17) is 9.84 Å². The molecule has 1 amide bonds. The Kier molecular flexibility index (Phi) is 4.98. The molecule has 0 radical (unpaired) electrons. The quantitative estimate of drug-likeness (QED) is 0.806. The van der Waals surface area contributed by atoms with Gasteiger partial charge in [-0.2, -0.15) is 0 Å². The standard InChI is InChI=1S/C15H16N2O4/c18-14(19)11-16-15(20)12-3-5-13(6-4-12)21-10-9-17-7-1-2-8-17/h1-8H,9-11H2,(H,16,20)(H,18,19). The molecule has 0 aliphatic heterocycles. The SMILES string of the molecule is O=C(O)CNC(=O)c1ccc(OCCn2cccc2)cc1. The average Bonchev–Trinajstić information content (AvgIpc) is 2.99. The number of carboxylic acids is 1. The highest BCUT2D eigenvalue weighted by Crippen LogP contribution is 2.12. The van der Waals surface area contributed by atoms with Gasteiger partial charge in [0.1, 0.15) is 18.9 Å². The Hall–Kier alpha value is -2.76. The van der Waals surface area contributed by atoms with E-state index in [1.165, 1.54) is 0 Å². The number of rotatable bonds is 7. The molecule has 1 aromatic heterocycles. The van der Waals surface area contributed by atoms with Crippen molar-refractivity contribution >= 4 is 11.9 Å². The molecule has 1 aromatic carbocycles. The van der Waals surface area contributed by atoms with E-state index in [1.54, 1.807) is 24.3 Å². The van der Waals surface area contributed by atoms with Crippen molar-refractivity contribution < 1.29 is 19.4 Å². The zero-order chi connectivity index (χ0) is 15.1. The van der Waals surface area contributed by atoms with E-state index in [2.05, 4.69) is 5.32 Å². The van der Waals surface area contributed by atoms with Gasteiger partial charge in [-0.25, -0.2) is 0 Å². The predicted octanol–water partition coefficient (Wildman–Crippen LogP) is 1.38. The molecule has 2 rings (SSSR count). The highest BCUT2D eigenvalue weighted by atomic mass is 16.5. The molecular formula is C15H16N2O4. The highest BCUT2D eigenvalue weighted by Gasteiger charge is 2.07. The van der Waals surface area contributed by atoms with Crippen molar-refractivity contribution in [3.05, 3.63) is 54.4 Å². The molecular weight excluding hydrogens is 272 g/mol. The van der Waals surface area contributed by atoms with Gasteiger partial charge in [-0.15, -0.1) is 0 Å². The van der Waals surface area contributed by atoms with E-state index in [1.807, 2.05) is 29.1 Å². The smallest absolute Gasteiger partial charge is 0.322 e. The normalized spacial score (nSPS) is 10.1. The van der Waals surface area contributed by atoms with Crippen molar-refractivity contribution in [2.75, 3.05) is 13.2 Å². The monoisotopic (exact) mass is 288 g/mol. The van der Waals surface area contributed by atoms with Crippen molar-refractivity contribution in [2.24, 2.45) is 0 Å². The fraction of sp³-hybridized carbons (Fsp3) is 0.200. The third-order valence-electron chi connectivity index (χ3n) is 2.80. The van der Waals surface area contributed by atoms with Crippen LogP contribution in [0.2, 0.25) is 0 Å². The molecule has 2 aromatic rings. The maximum atomic E-state index is 11.6. The first-order valence-corrected chi connectivity index (χ1v) is 6.49. The largest absolute Gasteiger partial charge is 0.492 e. The van der Waals surface area contributed by atoms with Crippen LogP contribution in [0.25, 0.3) is 0 Å². The molecule has 0 aliphatic carbocycles. The van der Waals surface area contributed by atoms with E-state index < -0.39 is 18.4 Å². The van der Waals surface area contributed by atoms with Crippen LogP contribution in [-0.2, 0) is 11.3 Å². The van der Waals surface area contributed by atoms with Crippen molar-refractivity contribution in [1.82, 2.24) is 9.88 Å². The fourth-order valence-corrected chi connectivity index (χ4v) is 1.75. The molecule has 1 heterocycles. The number of hydrogen-bond acceptors (Lipinski definition) is 3. The van der Waals surface area contributed by atoms with E-state index in [0.717, 1.165) is 6.54 Å². The first-order chi connectivity index (χ1) is 10.1. The lowest BCUT2D eigenvalue weighted by molar-refractivity contribution is -0.135. The highest BCUT2D eigenvalue weighted by molar-refractivity contribution is 5.95. The summed E-state index contributed by atoms with van der Waals surface area (Å²) in [5.41, 5.74) is 0.397. The third kappa shape index (κ3) is 4.68. The summed E-state index contributed by atoms with van der Waals surface area (Å²) in [7, 11) is 0. The molecule has 110 valence electrons. The van der Waals surface area contributed by atoms with Gasteiger partial charge >= 0.3 is 5.97 Å². The van der Waals surface area contributed by atoms with E-state index in [9.17, 15) is 9.59 Å². The first kappa shape index (κ1) is 14.6. The van der Waals surface area contributed by atoms with E-state index >= 15 is 0 Å². The van der Waals surface area contributed by atoms with Crippen LogP contribution >= 0.6 is 0 Å². The maximum Gasteiger partial charge on any atom is 0.322 e. The Morgan fingerprint density at radius 1 is 1.14 bits per heavy atom. The van der Waals surface area contributed by atoms with E-state index in [-0.39, 0.29) is 0 Å². The minimum atomic E-state index is -1.08. The minimum Gasteiger partial charge on any atom is -0.492 e. The second-order valence-corrected chi connectivity index (χ2v) is 4.37. The second-order valence-electron chi connectivity index (χ2n) is 4.37. The van der Waals surface area contributed by atoms with Crippen LogP contribution in [0.1, 0.15) is 10.4 Å². The number of amides is 1. The number of nitrogens with one attached hydrogen (secondary N) is 1. The maximum absolute atomic E-state index is 11.6. The summed E-state index contributed by atoms with van der Waals surface area (Å²) in [4.78, 5) is 22.0. The van der Waals surface area contributed by atoms with Crippen molar-refractivity contribution in [2.45, 2.75) is 6.54 Å². The number of benzene rings is 1. The summed E-state index contributed by atoms with van der Waals surface area (Å²) in [6, 6.07) is 10.5. The van der Waals surface area contributed by atoms with Crippen molar-refractivity contribution in [1.29, 1.82) is 0 Å².